The van der Waals surface area contributed by atoms with Crippen LogP contribution in [0.15, 0.2) is 0 Å². The zero-order valence-corrected chi connectivity index (χ0v) is 13.7. The highest BCUT2D eigenvalue weighted by Crippen LogP contribution is 2.57. The van der Waals surface area contributed by atoms with Crippen LogP contribution in [0.4, 0.5) is 0 Å². The Morgan fingerprint density at radius 2 is 2.10 bits per heavy atom. The van der Waals surface area contributed by atoms with Crippen molar-refractivity contribution in [2.45, 2.75) is 58.4 Å². The van der Waals surface area contributed by atoms with Crippen LogP contribution in [-0.4, -0.2) is 19.3 Å². The normalized spacial score (nSPS) is 22.4. The summed E-state index contributed by atoms with van der Waals surface area (Å²) in [6.45, 7) is 8.78. The number of halogens is 1. The van der Waals surface area contributed by atoms with E-state index < -0.39 is 0 Å². The van der Waals surface area contributed by atoms with E-state index in [2.05, 4.69) is 30.4 Å². The molecule has 0 saturated heterocycles. The van der Waals surface area contributed by atoms with Gasteiger partial charge in [0.25, 0.3) is 0 Å². The fraction of sp³-hybridized carbons (Fsp3) is 0.733. The smallest absolute Gasteiger partial charge is 0.159 e. The summed E-state index contributed by atoms with van der Waals surface area (Å²) in [6.07, 6.45) is 3.24. The van der Waals surface area contributed by atoms with Crippen molar-refractivity contribution in [2.75, 3.05) is 0 Å². The minimum atomic E-state index is -0.0757. The number of alkyl halides is 1. The van der Waals surface area contributed by atoms with Gasteiger partial charge >= 0.3 is 0 Å². The molecule has 2 atom stereocenters. The second kappa shape index (κ2) is 4.48. The summed E-state index contributed by atoms with van der Waals surface area (Å²) in [5.41, 5.74) is 3.61. The van der Waals surface area contributed by atoms with Gasteiger partial charge in [-0.3, -0.25) is 4.68 Å². The topological polar surface area (TPSA) is 35.6 Å². The molecule has 2 aromatic rings. The number of nitrogens with zero attached hydrogens (tertiary/aromatic N) is 4. The lowest BCUT2D eigenvalue weighted by Crippen LogP contribution is -2.09. The van der Waals surface area contributed by atoms with Crippen LogP contribution in [0.5, 0.6) is 0 Å². The molecule has 1 saturated carbocycles. The molecule has 20 heavy (non-hydrogen) atoms. The average Bonchev–Trinajstić information content (AvgIpc) is 2.73. The van der Waals surface area contributed by atoms with Crippen molar-refractivity contribution < 1.29 is 0 Å². The van der Waals surface area contributed by atoms with E-state index in [9.17, 15) is 0 Å². The molecule has 0 radical (unpaired) electrons. The van der Waals surface area contributed by atoms with E-state index in [4.69, 9.17) is 16.6 Å². The molecule has 1 aliphatic carbocycles. The van der Waals surface area contributed by atoms with Gasteiger partial charge in [0.1, 0.15) is 11.3 Å². The van der Waals surface area contributed by atoms with Gasteiger partial charge in [-0.25, -0.2) is 4.98 Å². The third kappa shape index (κ3) is 1.96. The van der Waals surface area contributed by atoms with Gasteiger partial charge in [0, 0.05) is 13.1 Å². The Bertz CT molecular complexity index is 650. The van der Waals surface area contributed by atoms with Crippen LogP contribution >= 0.6 is 11.6 Å². The van der Waals surface area contributed by atoms with Crippen molar-refractivity contribution in [2.24, 2.45) is 12.5 Å². The van der Waals surface area contributed by atoms with E-state index in [-0.39, 0.29) is 5.38 Å². The van der Waals surface area contributed by atoms with E-state index in [1.807, 2.05) is 18.7 Å². The fourth-order valence-corrected chi connectivity index (χ4v) is 3.25. The summed E-state index contributed by atoms with van der Waals surface area (Å²) in [6, 6.07) is 0.494. The molecule has 0 aliphatic heterocycles. The molecule has 0 spiro atoms. The fourth-order valence-electron chi connectivity index (χ4n) is 3.09. The molecule has 2 heterocycles. The Kier molecular flexibility index (Phi) is 3.12. The van der Waals surface area contributed by atoms with Crippen LogP contribution in [0.1, 0.15) is 63.5 Å². The number of hydrogen-bond acceptors (Lipinski definition) is 2. The summed E-state index contributed by atoms with van der Waals surface area (Å²) in [7, 11) is 2.01. The third-order valence-electron chi connectivity index (χ3n) is 4.38. The van der Waals surface area contributed by atoms with Gasteiger partial charge in [-0.05, 0) is 25.2 Å². The summed E-state index contributed by atoms with van der Waals surface area (Å²) in [5, 5.41) is 4.57. The lowest BCUT2D eigenvalue weighted by atomic mass is 10.2. The molecule has 0 aromatic carbocycles. The van der Waals surface area contributed by atoms with Crippen molar-refractivity contribution in [1.29, 1.82) is 0 Å². The molecule has 1 fully saturated rings. The maximum absolute atomic E-state index is 6.37. The predicted octanol–water partition coefficient (Wildman–Crippen LogP) is 3.99. The lowest BCUT2D eigenvalue weighted by Gasteiger charge is -2.12. The first kappa shape index (κ1) is 13.9. The maximum Gasteiger partial charge on any atom is 0.159 e. The first-order valence-corrected chi connectivity index (χ1v) is 7.88. The van der Waals surface area contributed by atoms with Crippen molar-refractivity contribution >= 4 is 22.8 Å². The van der Waals surface area contributed by atoms with Gasteiger partial charge in [-0.1, -0.05) is 27.2 Å². The molecule has 0 bridgehead atoms. The maximum atomic E-state index is 6.37. The van der Waals surface area contributed by atoms with E-state index in [0.717, 1.165) is 35.5 Å². The van der Waals surface area contributed by atoms with Crippen molar-refractivity contribution in [3.63, 3.8) is 0 Å². The Morgan fingerprint density at radius 3 is 2.60 bits per heavy atom. The quantitative estimate of drug-likeness (QED) is 0.799. The van der Waals surface area contributed by atoms with Gasteiger partial charge in [0.05, 0.1) is 11.1 Å². The van der Waals surface area contributed by atoms with Gasteiger partial charge in [-0.2, -0.15) is 5.10 Å². The van der Waals surface area contributed by atoms with Crippen LogP contribution in [-0.2, 0) is 13.5 Å². The predicted molar refractivity (Wildman–Crippen MR) is 82.2 cm³/mol. The molecule has 0 N–H and O–H groups in total. The molecule has 5 heteroatoms. The zero-order chi connectivity index (χ0) is 14.7. The molecule has 0 amide bonds. The standard InChI is InChI=1S/C15H23ClN4/c1-6-7-10-12-14(19(5)18-10)20(11-8-15(11,3)4)13(17-12)9(2)16/h9,11H,6-8H2,1-5H3. The molecule has 3 rings (SSSR count). The van der Waals surface area contributed by atoms with Crippen LogP contribution in [0.3, 0.4) is 0 Å². The molecule has 4 nitrogen and oxygen atoms in total. The summed E-state index contributed by atoms with van der Waals surface area (Å²) >= 11 is 6.37. The van der Waals surface area contributed by atoms with Crippen LogP contribution in [0.2, 0.25) is 0 Å². The highest BCUT2D eigenvalue weighted by Gasteiger charge is 2.49. The molecular weight excluding hydrogens is 272 g/mol. The van der Waals surface area contributed by atoms with Gasteiger partial charge < -0.3 is 4.57 Å². The second-order valence-electron chi connectivity index (χ2n) is 6.66. The molecule has 2 unspecified atom stereocenters. The largest absolute Gasteiger partial charge is 0.308 e. The molecule has 2 aromatic heterocycles. The Balaban J connectivity index is 2.22. The SMILES string of the molecule is CCCc1nn(C)c2c1nc(C(C)Cl)n2C1CC1(C)C. The zero-order valence-electron chi connectivity index (χ0n) is 12.9. The van der Waals surface area contributed by atoms with Crippen molar-refractivity contribution in [1.82, 2.24) is 19.3 Å². The van der Waals surface area contributed by atoms with Gasteiger partial charge in [0.15, 0.2) is 5.65 Å². The van der Waals surface area contributed by atoms with Crippen LogP contribution < -0.4 is 0 Å². The number of aryl methyl sites for hydroxylation is 2. The first-order chi connectivity index (χ1) is 9.36. The minimum absolute atomic E-state index is 0.0757. The van der Waals surface area contributed by atoms with E-state index in [1.165, 1.54) is 6.42 Å². The number of aromatic nitrogens is 4. The number of hydrogen-bond donors (Lipinski definition) is 0. The van der Waals surface area contributed by atoms with Crippen LogP contribution in [0, 0.1) is 5.41 Å². The lowest BCUT2D eigenvalue weighted by molar-refractivity contribution is 0.526. The summed E-state index contributed by atoms with van der Waals surface area (Å²) in [4.78, 5) is 4.83. The molecule has 1 aliphatic rings. The number of imidazole rings is 1. The summed E-state index contributed by atoms with van der Waals surface area (Å²) < 4.78 is 4.31. The minimum Gasteiger partial charge on any atom is -0.308 e. The molecule has 110 valence electrons. The van der Waals surface area contributed by atoms with Crippen molar-refractivity contribution in [3.8, 4) is 0 Å². The number of rotatable bonds is 4. The Hall–Kier alpha value is -1.03. The Labute approximate surface area is 125 Å². The van der Waals surface area contributed by atoms with E-state index in [1.54, 1.807) is 0 Å². The second-order valence-corrected chi connectivity index (χ2v) is 7.31. The highest BCUT2D eigenvalue weighted by molar-refractivity contribution is 6.20. The summed E-state index contributed by atoms with van der Waals surface area (Å²) in [5.74, 6) is 0.989. The van der Waals surface area contributed by atoms with Crippen molar-refractivity contribution in [3.05, 3.63) is 11.5 Å². The monoisotopic (exact) mass is 294 g/mol. The van der Waals surface area contributed by atoms with E-state index >= 15 is 0 Å². The Morgan fingerprint density at radius 1 is 1.45 bits per heavy atom. The highest BCUT2D eigenvalue weighted by atomic mass is 35.5. The van der Waals surface area contributed by atoms with E-state index in [0.29, 0.717) is 11.5 Å². The van der Waals surface area contributed by atoms with Crippen LogP contribution in [0.25, 0.3) is 11.2 Å². The first-order valence-electron chi connectivity index (χ1n) is 7.44. The molecular formula is C15H23ClN4. The third-order valence-corrected chi connectivity index (χ3v) is 4.57. The van der Waals surface area contributed by atoms with Gasteiger partial charge in [-0.15, -0.1) is 11.6 Å². The average molecular weight is 295 g/mol. The number of fused-ring (bicyclic) bond motifs is 1. The van der Waals surface area contributed by atoms with Gasteiger partial charge in [0.2, 0.25) is 0 Å².